The first-order valence-electron chi connectivity index (χ1n) is 6.71. The predicted octanol–water partition coefficient (Wildman–Crippen LogP) is 2.56. The summed E-state index contributed by atoms with van der Waals surface area (Å²) < 4.78 is 0. The van der Waals surface area contributed by atoms with Gasteiger partial charge in [0.2, 0.25) is 0 Å². The van der Waals surface area contributed by atoms with E-state index in [0.717, 1.165) is 29.1 Å². The van der Waals surface area contributed by atoms with Crippen molar-refractivity contribution in [1.82, 2.24) is 4.98 Å². The Kier molecular flexibility index (Phi) is 2.93. The van der Waals surface area contributed by atoms with Crippen LogP contribution >= 0.6 is 0 Å². The minimum atomic E-state index is -0.00600. The maximum Gasteiger partial charge on any atom is 0.260 e. The number of nitrogens with zero attached hydrogens (tertiary/aromatic N) is 2. The van der Waals surface area contributed by atoms with Crippen molar-refractivity contribution in [3.63, 3.8) is 0 Å². The molecule has 0 spiro atoms. The molecule has 2 heterocycles. The van der Waals surface area contributed by atoms with Crippen LogP contribution in [-0.2, 0) is 6.42 Å². The van der Waals surface area contributed by atoms with Crippen LogP contribution in [0.4, 0.5) is 11.4 Å². The monoisotopic (exact) mass is 267 g/mol. The molecule has 0 fully saturated rings. The Morgan fingerprint density at radius 1 is 1.35 bits per heavy atom. The third-order valence-electron chi connectivity index (χ3n) is 3.70. The highest BCUT2D eigenvalue weighted by Crippen LogP contribution is 2.34. The van der Waals surface area contributed by atoms with Crippen molar-refractivity contribution in [3.8, 4) is 0 Å². The van der Waals surface area contributed by atoms with E-state index in [1.165, 1.54) is 0 Å². The average Bonchev–Trinajstić information content (AvgIpc) is 2.73. The van der Waals surface area contributed by atoms with Crippen molar-refractivity contribution in [1.29, 1.82) is 0 Å². The lowest BCUT2D eigenvalue weighted by atomic mass is 10.1. The first-order valence-corrected chi connectivity index (χ1v) is 6.71. The molecule has 1 atom stereocenters. The average molecular weight is 267 g/mol. The van der Waals surface area contributed by atoms with Gasteiger partial charge in [-0.3, -0.25) is 9.78 Å². The van der Waals surface area contributed by atoms with Gasteiger partial charge in [-0.2, -0.15) is 0 Å². The standard InChI is InChI=1S/C16H17N3O/c1-10-3-4-12(9-18-10)16(20)19-11(2)7-13-8-14(17)5-6-15(13)19/h3-6,8-9,11H,7,17H2,1-2H3. The number of benzene rings is 1. The Bertz CT molecular complexity index is 664. The molecule has 1 aliphatic rings. The molecule has 1 amide bonds. The molecule has 1 aromatic heterocycles. The summed E-state index contributed by atoms with van der Waals surface area (Å²) in [6.45, 7) is 3.96. The van der Waals surface area contributed by atoms with Crippen LogP contribution in [0.3, 0.4) is 0 Å². The van der Waals surface area contributed by atoms with Gasteiger partial charge in [0.05, 0.1) is 5.56 Å². The van der Waals surface area contributed by atoms with Gasteiger partial charge in [-0.1, -0.05) is 0 Å². The summed E-state index contributed by atoms with van der Waals surface area (Å²) in [5.41, 5.74) is 10.2. The van der Waals surface area contributed by atoms with E-state index in [9.17, 15) is 4.79 Å². The van der Waals surface area contributed by atoms with Crippen LogP contribution in [0.1, 0.15) is 28.5 Å². The second-order valence-electron chi connectivity index (χ2n) is 5.30. The van der Waals surface area contributed by atoms with Gasteiger partial charge in [0.15, 0.2) is 0 Å². The maximum absolute atomic E-state index is 12.7. The number of fused-ring (bicyclic) bond motifs is 1. The molecule has 4 nitrogen and oxygen atoms in total. The summed E-state index contributed by atoms with van der Waals surface area (Å²) in [5.74, 6) is -0.00600. The summed E-state index contributed by atoms with van der Waals surface area (Å²) in [6.07, 6.45) is 2.48. The number of amides is 1. The SMILES string of the molecule is Cc1ccc(C(=O)N2c3ccc(N)cc3CC2C)cn1. The van der Waals surface area contributed by atoms with Crippen molar-refractivity contribution in [2.75, 3.05) is 10.6 Å². The molecule has 2 N–H and O–H groups in total. The second kappa shape index (κ2) is 4.63. The minimum absolute atomic E-state index is 0.00600. The fraction of sp³-hybridized carbons (Fsp3) is 0.250. The van der Waals surface area contributed by atoms with E-state index < -0.39 is 0 Å². The number of nitrogens with two attached hydrogens (primary N) is 1. The number of pyridine rings is 1. The van der Waals surface area contributed by atoms with Gasteiger partial charge in [0, 0.05) is 29.3 Å². The number of aryl methyl sites for hydroxylation is 1. The molecule has 0 aliphatic carbocycles. The van der Waals surface area contributed by atoms with Gasteiger partial charge in [-0.15, -0.1) is 0 Å². The number of nitrogen functional groups attached to an aromatic ring is 1. The molecule has 0 radical (unpaired) electrons. The summed E-state index contributed by atoms with van der Waals surface area (Å²) in [5, 5.41) is 0. The Hall–Kier alpha value is -2.36. The molecule has 0 saturated heterocycles. The van der Waals surface area contributed by atoms with Gasteiger partial charge in [0.1, 0.15) is 0 Å². The molecule has 102 valence electrons. The minimum Gasteiger partial charge on any atom is -0.399 e. The summed E-state index contributed by atoms with van der Waals surface area (Å²) >= 11 is 0. The van der Waals surface area contributed by atoms with Crippen LogP contribution in [0.2, 0.25) is 0 Å². The molecule has 0 saturated carbocycles. The van der Waals surface area contributed by atoms with E-state index in [-0.39, 0.29) is 11.9 Å². The zero-order chi connectivity index (χ0) is 14.3. The quantitative estimate of drug-likeness (QED) is 0.808. The van der Waals surface area contributed by atoms with Gasteiger partial charge < -0.3 is 10.6 Å². The molecule has 1 unspecified atom stereocenters. The van der Waals surface area contributed by atoms with Gasteiger partial charge >= 0.3 is 0 Å². The number of rotatable bonds is 1. The van der Waals surface area contributed by atoms with E-state index in [1.807, 2.05) is 42.2 Å². The van der Waals surface area contributed by atoms with Crippen molar-refractivity contribution < 1.29 is 4.79 Å². The van der Waals surface area contributed by atoms with Gasteiger partial charge in [0.25, 0.3) is 5.91 Å². The van der Waals surface area contributed by atoms with Crippen LogP contribution in [-0.4, -0.2) is 16.9 Å². The summed E-state index contributed by atoms with van der Waals surface area (Å²) in [7, 11) is 0. The molecule has 0 bridgehead atoms. The maximum atomic E-state index is 12.7. The van der Waals surface area contributed by atoms with Crippen molar-refractivity contribution in [2.45, 2.75) is 26.3 Å². The Morgan fingerprint density at radius 2 is 2.15 bits per heavy atom. The highest BCUT2D eigenvalue weighted by atomic mass is 16.2. The summed E-state index contributed by atoms with van der Waals surface area (Å²) in [6, 6.07) is 9.54. The molecule has 1 aromatic carbocycles. The van der Waals surface area contributed by atoms with Gasteiger partial charge in [-0.25, -0.2) is 0 Å². The first kappa shape index (κ1) is 12.7. The third kappa shape index (κ3) is 2.03. The molecule has 4 heteroatoms. The predicted molar refractivity (Wildman–Crippen MR) is 79.8 cm³/mol. The normalized spacial score (nSPS) is 17.1. The fourth-order valence-electron chi connectivity index (χ4n) is 2.69. The van der Waals surface area contributed by atoms with Crippen LogP contribution in [0, 0.1) is 6.92 Å². The van der Waals surface area contributed by atoms with E-state index in [1.54, 1.807) is 6.20 Å². The van der Waals surface area contributed by atoms with Crippen molar-refractivity contribution in [3.05, 3.63) is 53.3 Å². The number of carbonyl (C=O) groups excluding carboxylic acids is 1. The first-order chi connectivity index (χ1) is 9.56. The summed E-state index contributed by atoms with van der Waals surface area (Å²) in [4.78, 5) is 18.7. The fourth-order valence-corrected chi connectivity index (χ4v) is 2.69. The zero-order valence-electron chi connectivity index (χ0n) is 11.6. The lowest BCUT2D eigenvalue weighted by Crippen LogP contribution is -2.35. The lowest BCUT2D eigenvalue weighted by Gasteiger charge is -2.22. The largest absolute Gasteiger partial charge is 0.399 e. The Labute approximate surface area is 118 Å². The molecule has 3 rings (SSSR count). The van der Waals surface area contributed by atoms with Crippen LogP contribution in [0.15, 0.2) is 36.5 Å². The molecular weight excluding hydrogens is 250 g/mol. The number of aromatic nitrogens is 1. The Balaban J connectivity index is 1.98. The molecule has 1 aliphatic heterocycles. The van der Waals surface area contributed by atoms with Crippen molar-refractivity contribution in [2.24, 2.45) is 0 Å². The van der Waals surface area contributed by atoms with Crippen molar-refractivity contribution >= 4 is 17.3 Å². The number of hydrogen-bond donors (Lipinski definition) is 1. The molecular formula is C16H17N3O. The highest BCUT2D eigenvalue weighted by Gasteiger charge is 2.31. The highest BCUT2D eigenvalue weighted by molar-refractivity contribution is 6.07. The topological polar surface area (TPSA) is 59.2 Å². The number of carbonyl (C=O) groups is 1. The van der Waals surface area contributed by atoms with E-state index in [2.05, 4.69) is 11.9 Å². The second-order valence-corrected chi connectivity index (χ2v) is 5.30. The molecule has 20 heavy (non-hydrogen) atoms. The van der Waals surface area contributed by atoms with E-state index in [0.29, 0.717) is 5.56 Å². The van der Waals surface area contributed by atoms with Crippen LogP contribution in [0.5, 0.6) is 0 Å². The van der Waals surface area contributed by atoms with Gasteiger partial charge in [-0.05, 0) is 56.2 Å². The Morgan fingerprint density at radius 3 is 2.85 bits per heavy atom. The molecule has 2 aromatic rings. The third-order valence-corrected chi connectivity index (χ3v) is 3.70. The van der Waals surface area contributed by atoms with E-state index in [4.69, 9.17) is 5.73 Å². The van der Waals surface area contributed by atoms with Crippen LogP contribution in [0.25, 0.3) is 0 Å². The number of anilines is 2. The lowest BCUT2D eigenvalue weighted by molar-refractivity contribution is 0.0981. The zero-order valence-corrected chi connectivity index (χ0v) is 11.6. The smallest absolute Gasteiger partial charge is 0.260 e. The number of hydrogen-bond acceptors (Lipinski definition) is 3. The van der Waals surface area contributed by atoms with E-state index >= 15 is 0 Å². The van der Waals surface area contributed by atoms with Crippen LogP contribution < -0.4 is 10.6 Å².